The average Bonchev–Trinajstić information content (AvgIpc) is 3.09. The molecular weight excluding hydrogens is 198 g/mol. The van der Waals surface area contributed by atoms with Crippen LogP contribution in [0.15, 0.2) is 0 Å². The lowest BCUT2D eigenvalue weighted by Gasteiger charge is -2.34. The topological polar surface area (TPSA) is 18.5 Å². The van der Waals surface area contributed by atoms with Crippen LogP contribution in [0.4, 0.5) is 0 Å². The molecular formula is C13H27N3. The van der Waals surface area contributed by atoms with Crippen LogP contribution in [-0.4, -0.2) is 61.2 Å². The highest BCUT2D eigenvalue weighted by Gasteiger charge is 2.30. The molecule has 16 heavy (non-hydrogen) atoms. The quantitative estimate of drug-likeness (QED) is 0.684. The van der Waals surface area contributed by atoms with Crippen molar-refractivity contribution in [3.8, 4) is 0 Å². The van der Waals surface area contributed by atoms with Gasteiger partial charge in [-0.05, 0) is 32.4 Å². The van der Waals surface area contributed by atoms with E-state index < -0.39 is 0 Å². The van der Waals surface area contributed by atoms with Crippen molar-refractivity contribution in [1.82, 2.24) is 15.1 Å². The first-order valence-corrected chi connectivity index (χ1v) is 6.95. The summed E-state index contributed by atoms with van der Waals surface area (Å²) in [5, 5.41) is 3.48. The van der Waals surface area contributed by atoms with Gasteiger partial charge in [-0.2, -0.15) is 0 Å². The first kappa shape index (κ1) is 12.3. The fraction of sp³-hybridized carbons (Fsp3) is 1.00. The molecule has 1 saturated heterocycles. The highest BCUT2D eigenvalue weighted by molar-refractivity contribution is 4.87. The van der Waals surface area contributed by atoms with Crippen LogP contribution in [-0.2, 0) is 0 Å². The van der Waals surface area contributed by atoms with E-state index >= 15 is 0 Å². The number of nitrogens with zero attached hydrogens (tertiary/aromatic N) is 2. The Morgan fingerprint density at radius 3 is 2.38 bits per heavy atom. The van der Waals surface area contributed by atoms with Crippen LogP contribution < -0.4 is 5.32 Å². The highest BCUT2D eigenvalue weighted by atomic mass is 15.3. The summed E-state index contributed by atoms with van der Waals surface area (Å²) in [7, 11) is 0. The minimum Gasteiger partial charge on any atom is -0.314 e. The van der Waals surface area contributed by atoms with Crippen molar-refractivity contribution in [3.05, 3.63) is 0 Å². The lowest BCUT2D eigenvalue weighted by molar-refractivity contribution is 0.125. The molecule has 1 aliphatic carbocycles. The first-order valence-electron chi connectivity index (χ1n) is 6.95. The molecule has 0 bridgehead atoms. The predicted octanol–water partition coefficient (Wildman–Crippen LogP) is 1.15. The summed E-state index contributed by atoms with van der Waals surface area (Å²) in [6.45, 7) is 12.1. The molecule has 0 unspecified atom stereocenters. The summed E-state index contributed by atoms with van der Waals surface area (Å²) < 4.78 is 0. The van der Waals surface area contributed by atoms with E-state index in [2.05, 4.69) is 29.0 Å². The molecule has 0 amide bonds. The van der Waals surface area contributed by atoms with Crippen molar-refractivity contribution in [3.63, 3.8) is 0 Å². The third-order valence-electron chi connectivity index (χ3n) is 3.67. The van der Waals surface area contributed by atoms with Crippen LogP contribution in [0.1, 0.15) is 33.1 Å². The van der Waals surface area contributed by atoms with Gasteiger partial charge in [0.1, 0.15) is 0 Å². The Kier molecular flexibility index (Phi) is 4.62. The Morgan fingerprint density at radius 1 is 1.12 bits per heavy atom. The summed E-state index contributed by atoms with van der Waals surface area (Å²) in [6, 6.07) is 1.59. The van der Waals surface area contributed by atoms with E-state index in [1.54, 1.807) is 0 Å². The van der Waals surface area contributed by atoms with Gasteiger partial charge < -0.3 is 10.2 Å². The van der Waals surface area contributed by atoms with Crippen molar-refractivity contribution in [2.75, 3.05) is 39.3 Å². The second kappa shape index (κ2) is 5.99. The maximum absolute atomic E-state index is 3.48. The number of rotatable bonds is 6. The van der Waals surface area contributed by atoms with Gasteiger partial charge in [-0.1, -0.05) is 13.8 Å². The highest BCUT2D eigenvalue weighted by Crippen LogP contribution is 2.27. The van der Waals surface area contributed by atoms with Gasteiger partial charge in [-0.3, -0.25) is 4.90 Å². The van der Waals surface area contributed by atoms with Gasteiger partial charge in [-0.25, -0.2) is 0 Å². The van der Waals surface area contributed by atoms with E-state index in [-0.39, 0.29) is 0 Å². The molecule has 0 spiro atoms. The Balaban J connectivity index is 1.51. The second-order valence-corrected chi connectivity index (χ2v) is 5.57. The molecule has 1 saturated carbocycles. The molecule has 0 atom stereocenters. The van der Waals surface area contributed by atoms with Crippen LogP contribution in [0.3, 0.4) is 0 Å². The molecule has 0 aromatic carbocycles. The molecule has 1 N–H and O–H groups in total. The van der Waals surface area contributed by atoms with Crippen molar-refractivity contribution in [1.29, 1.82) is 0 Å². The van der Waals surface area contributed by atoms with Gasteiger partial charge in [0.2, 0.25) is 0 Å². The molecule has 3 heteroatoms. The monoisotopic (exact) mass is 225 g/mol. The van der Waals surface area contributed by atoms with Gasteiger partial charge in [0.25, 0.3) is 0 Å². The smallest absolute Gasteiger partial charge is 0.0113 e. The minimum absolute atomic E-state index is 0.631. The van der Waals surface area contributed by atoms with E-state index in [4.69, 9.17) is 0 Å². The van der Waals surface area contributed by atoms with Gasteiger partial charge in [-0.15, -0.1) is 0 Å². The molecule has 1 aliphatic heterocycles. The Bertz CT molecular complexity index is 193. The normalized spacial score (nSPS) is 24.2. The molecule has 94 valence electrons. The fourth-order valence-corrected chi connectivity index (χ4v) is 2.49. The third-order valence-corrected chi connectivity index (χ3v) is 3.67. The lowest BCUT2D eigenvalue weighted by Crippen LogP contribution is -2.47. The molecule has 0 aromatic heterocycles. The maximum atomic E-state index is 3.48. The first-order chi connectivity index (χ1) is 7.75. The number of hydrogen-bond acceptors (Lipinski definition) is 3. The molecule has 0 radical (unpaired) electrons. The zero-order valence-electron chi connectivity index (χ0n) is 10.9. The number of nitrogens with one attached hydrogen (secondary N) is 1. The molecule has 1 heterocycles. The largest absolute Gasteiger partial charge is 0.314 e. The average molecular weight is 225 g/mol. The molecule has 2 aliphatic rings. The maximum Gasteiger partial charge on any atom is 0.0113 e. The Labute approximate surface area is 100 Å². The molecule has 0 aromatic rings. The third kappa shape index (κ3) is 4.04. The van der Waals surface area contributed by atoms with Crippen molar-refractivity contribution in [2.45, 2.75) is 45.2 Å². The van der Waals surface area contributed by atoms with Gasteiger partial charge >= 0.3 is 0 Å². The minimum atomic E-state index is 0.631. The van der Waals surface area contributed by atoms with Crippen LogP contribution in [0.5, 0.6) is 0 Å². The van der Waals surface area contributed by atoms with Crippen molar-refractivity contribution < 1.29 is 0 Å². The predicted molar refractivity (Wildman–Crippen MR) is 68.8 cm³/mol. The second-order valence-electron chi connectivity index (χ2n) is 5.57. The van der Waals surface area contributed by atoms with Gasteiger partial charge in [0, 0.05) is 38.3 Å². The summed E-state index contributed by atoms with van der Waals surface area (Å²) in [5.74, 6) is 0. The Hall–Kier alpha value is -0.120. The fourth-order valence-electron chi connectivity index (χ4n) is 2.49. The van der Waals surface area contributed by atoms with Crippen molar-refractivity contribution in [2.24, 2.45) is 0 Å². The Morgan fingerprint density at radius 2 is 1.81 bits per heavy atom. The van der Waals surface area contributed by atoms with E-state index in [9.17, 15) is 0 Å². The zero-order chi connectivity index (χ0) is 11.4. The van der Waals surface area contributed by atoms with Crippen LogP contribution in [0, 0.1) is 0 Å². The summed E-state index contributed by atoms with van der Waals surface area (Å²) >= 11 is 0. The molecule has 2 rings (SSSR count). The van der Waals surface area contributed by atoms with Crippen LogP contribution in [0.2, 0.25) is 0 Å². The zero-order valence-corrected chi connectivity index (χ0v) is 10.9. The van der Waals surface area contributed by atoms with Crippen molar-refractivity contribution >= 4 is 0 Å². The van der Waals surface area contributed by atoms with Crippen LogP contribution >= 0.6 is 0 Å². The number of hydrogen-bond donors (Lipinski definition) is 1. The standard InChI is InChI=1S/C13H27N3/c1-12(2)14-6-3-7-15-8-10-16(11-9-15)13-4-5-13/h12-14H,3-11H2,1-2H3. The summed E-state index contributed by atoms with van der Waals surface area (Å²) in [5.41, 5.74) is 0. The van der Waals surface area contributed by atoms with Gasteiger partial charge in [0.15, 0.2) is 0 Å². The van der Waals surface area contributed by atoms with E-state index in [0.717, 1.165) is 6.04 Å². The van der Waals surface area contributed by atoms with Gasteiger partial charge in [0.05, 0.1) is 0 Å². The van der Waals surface area contributed by atoms with E-state index in [1.165, 1.54) is 58.5 Å². The number of piperazine rings is 1. The van der Waals surface area contributed by atoms with Crippen LogP contribution in [0.25, 0.3) is 0 Å². The molecule has 3 nitrogen and oxygen atoms in total. The SMILES string of the molecule is CC(C)NCCCN1CCN(C2CC2)CC1. The summed E-state index contributed by atoms with van der Waals surface area (Å²) in [4.78, 5) is 5.31. The van der Waals surface area contributed by atoms with E-state index in [1.807, 2.05) is 0 Å². The summed E-state index contributed by atoms with van der Waals surface area (Å²) in [6.07, 6.45) is 4.21. The molecule has 2 fully saturated rings. The van der Waals surface area contributed by atoms with E-state index in [0.29, 0.717) is 6.04 Å². The lowest BCUT2D eigenvalue weighted by atomic mass is 10.2.